The lowest BCUT2D eigenvalue weighted by Gasteiger charge is -2.69. The third-order valence-corrected chi connectivity index (χ3v) is 20.5. The minimum Gasteiger partial charge on any atom is -0.384 e. The first kappa shape index (κ1) is 35.3. The summed E-state index contributed by atoms with van der Waals surface area (Å²) in [4.78, 5) is 31.5. The van der Waals surface area contributed by atoms with Gasteiger partial charge in [-0.05, 0) is 164 Å². The molecule has 276 valence electrons. The van der Waals surface area contributed by atoms with Crippen LogP contribution in [0.15, 0.2) is 0 Å². The van der Waals surface area contributed by atoms with E-state index in [0.29, 0.717) is 53.0 Å². The fraction of sp³-hybridized carbons (Fsp3) is 0.953. The van der Waals surface area contributed by atoms with Crippen LogP contribution in [0.4, 0.5) is 0 Å². The lowest BCUT2D eigenvalue weighted by Crippen LogP contribution is -2.69. The maximum atomic E-state index is 14.2. The zero-order valence-electron chi connectivity index (χ0n) is 32.5. The SMILES string of the molecule is CCSCC1CC[C@H]2[C@@H]3CCC4N(C)C(=O)CC(C5(COC)CC[C@H]6[C@@H]7CCC8N(C)C(=O)CC[C@]8(C)[C@@H]7CC[C@@]65C)[C@]4(C)[C@@H]3CC[C@]12C. The molecule has 5 unspecified atom stereocenters. The van der Waals surface area contributed by atoms with Gasteiger partial charge in [-0.25, -0.2) is 0 Å². The van der Waals surface area contributed by atoms with Crippen molar-refractivity contribution in [2.75, 3.05) is 39.3 Å². The molecule has 8 aliphatic rings. The van der Waals surface area contributed by atoms with Crippen molar-refractivity contribution in [2.24, 2.45) is 74.4 Å². The van der Waals surface area contributed by atoms with Crippen molar-refractivity contribution in [3.8, 4) is 0 Å². The highest BCUT2D eigenvalue weighted by molar-refractivity contribution is 7.99. The summed E-state index contributed by atoms with van der Waals surface area (Å²) in [6, 6.07) is 0.761. The van der Waals surface area contributed by atoms with Crippen LogP contribution >= 0.6 is 11.8 Å². The summed E-state index contributed by atoms with van der Waals surface area (Å²) in [5.74, 6) is 9.12. The summed E-state index contributed by atoms with van der Waals surface area (Å²) in [5.41, 5.74) is 1.09. The normalized spacial score (nSPS) is 53.7. The van der Waals surface area contributed by atoms with Crippen LogP contribution in [0.5, 0.6) is 0 Å². The predicted octanol–water partition coefficient (Wildman–Crippen LogP) is 8.94. The molecule has 8 rings (SSSR count). The third-order valence-electron chi connectivity index (χ3n) is 19.5. The number of carbonyl (C=O) groups is 2. The third kappa shape index (κ3) is 4.59. The average molecular weight is 695 g/mol. The Balaban J connectivity index is 1.15. The fourth-order valence-electron chi connectivity index (χ4n) is 17.1. The average Bonchev–Trinajstić information content (AvgIpc) is 3.57. The number of piperidine rings is 2. The van der Waals surface area contributed by atoms with E-state index in [1.165, 1.54) is 82.1 Å². The topological polar surface area (TPSA) is 49.9 Å². The van der Waals surface area contributed by atoms with Crippen LogP contribution in [0.2, 0.25) is 0 Å². The second-order valence-electron chi connectivity index (χ2n) is 20.1. The number of hydrogen-bond acceptors (Lipinski definition) is 4. The van der Waals surface area contributed by atoms with Gasteiger partial charge < -0.3 is 14.5 Å². The molecule has 2 aliphatic heterocycles. The number of fused-ring (bicyclic) bond motifs is 10. The number of amides is 2. The molecule has 2 saturated heterocycles. The van der Waals surface area contributed by atoms with Gasteiger partial charge in [0.25, 0.3) is 0 Å². The van der Waals surface area contributed by atoms with Crippen molar-refractivity contribution in [1.29, 1.82) is 0 Å². The molecule has 5 nitrogen and oxygen atoms in total. The number of hydrogen-bond donors (Lipinski definition) is 0. The molecule has 0 radical (unpaired) electrons. The summed E-state index contributed by atoms with van der Waals surface area (Å²) >= 11 is 2.18. The minimum absolute atomic E-state index is 0.0387. The van der Waals surface area contributed by atoms with Gasteiger partial charge in [0.2, 0.25) is 11.8 Å². The minimum atomic E-state index is 0.0387. The quantitative estimate of drug-likeness (QED) is 0.279. The molecule has 6 heteroatoms. The molecule has 0 aromatic carbocycles. The highest BCUT2D eigenvalue weighted by Gasteiger charge is 2.73. The monoisotopic (exact) mass is 695 g/mol. The first-order valence-electron chi connectivity index (χ1n) is 20.9. The van der Waals surface area contributed by atoms with Crippen LogP contribution in [0.3, 0.4) is 0 Å². The molecule has 6 saturated carbocycles. The number of thioether (sulfide) groups is 1. The molecule has 8 fully saturated rings. The largest absolute Gasteiger partial charge is 0.384 e. The van der Waals surface area contributed by atoms with Gasteiger partial charge in [0, 0.05) is 51.5 Å². The Kier molecular flexibility index (Phi) is 8.74. The molecule has 6 aliphatic carbocycles. The first-order valence-corrected chi connectivity index (χ1v) is 22.0. The highest BCUT2D eigenvalue weighted by Crippen LogP contribution is 2.76. The van der Waals surface area contributed by atoms with Gasteiger partial charge in [-0.15, -0.1) is 0 Å². The number of methoxy groups -OCH3 is 1. The molecule has 2 amide bonds. The van der Waals surface area contributed by atoms with E-state index < -0.39 is 0 Å². The Morgan fingerprint density at radius 2 is 1.37 bits per heavy atom. The van der Waals surface area contributed by atoms with Crippen molar-refractivity contribution in [3.63, 3.8) is 0 Å². The Hall–Kier alpha value is -0.750. The first-order chi connectivity index (χ1) is 23.3. The van der Waals surface area contributed by atoms with Gasteiger partial charge in [-0.3, -0.25) is 9.59 Å². The summed E-state index contributed by atoms with van der Waals surface area (Å²) < 4.78 is 6.45. The smallest absolute Gasteiger partial charge is 0.222 e. The van der Waals surface area contributed by atoms with Crippen molar-refractivity contribution in [1.82, 2.24) is 9.80 Å². The molecular formula is C43H70N2O3S. The second-order valence-corrected chi connectivity index (χ2v) is 21.5. The Morgan fingerprint density at radius 3 is 2.10 bits per heavy atom. The van der Waals surface area contributed by atoms with Crippen LogP contribution in [0.25, 0.3) is 0 Å². The van der Waals surface area contributed by atoms with Crippen LogP contribution < -0.4 is 0 Å². The van der Waals surface area contributed by atoms with Crippen LogP contribution in [-0.4, -0.2) is 73.0 Å². The lowest BCUT2D eigenvalue weighted by atomic mass is 9.38. The zero-order valence-corrected chi connectivity index (χ0v) is 33.3. The molecule has 2 heterocycles. The van der Waals surface area contributed by atoms with E-state index in [1.54, 1.807) is 0 Å². The van der Waals surface area contributed by atoms with E-state index in [0.717, 1.165) is 56.0 Å². The molecule has 49 heavy (non-hydrogen) atoms. The molecule has 0 bridgehead atoms. The molecule has 0 aromatic rings. The number of carbonyl (C=O) groups excluding carboxylic acids is 2. The standard InChI is InChI=1S/C43H70N2O3S/c1-9-49-25-27-10-13-30-29-12-15-36-42(5,33(29)16-20-39(27,30)2)34(24-38(47)45(36)7)43(26-48-8)23-18-32-28-11-14-35-40(3,21-19-37(46)44(35)6)31(28)17-22-41(32,43)4/h27-36H,9-26H2,1-8H3/t27?,28-,29+,30+,31-,32+,33-,34?,35?,36?,39-,40-,41+,42+,43?/m1/s1. The summed E-state index contributed by atoms with van der Waals surface area (Å²) in [7, 11) is 6.22. The molecular weight excluding hydrogens is 625 g/mol. The van der Waals surface area contributed by atoms with Crippen molar-refractivity contribution in [2.45, 2.75) is 143 Å². The van der Waals surface area contributed by atoms with Gasteiger partial charge in [0.05, 0.1) is 6.61 Å². The Labute approximate surface area is 303 Å². The Bertz CT molecular complexity index is 1320. The summed E-state index contributed by atoms with van der Waals surface area (Å²) in [6.07, 6.45) is 18.1. The Morgan fingerprint density at radius 1 is 0.714 bits per heavy atom. The highest BCUT2D eigenvalue weighted by atomic mass is 32.2. The van der Waals surface area contributed by atoms with E-state index in [4.69, 9.17) is 4.74 Å². The van der Waals surface area contributed by atoms with Crippen molar-refractivity contribution < 1.29 is 14.3 Å². The lowest BCUT2D eigenvalue weighted by molar-refractivity contribution is -0.220. The zero-order chi connectivity index (χ0) is 34.7. The molecule has 15 atom stereocenters. The number of ether oxygens (including phenoxy) is 1. The van der Waals surface area contributed by atoms with Gasteiger partial charge in [0.15, 0.2) is 0 Å². The molecule has 0 aromatic heterocycles. The van der Waals surface area contributed by atoms with Gasteiger partial charge >= 0.3 is 0 Å². The van der Waals surface area contributed by atoms with E-state index in [1.807, 2.05) is 7.11 Å². The van der Waals surface area contributed by atoms with Crippen molar-refractivity contribution in [3.05, 3.63) is 0 Å². The number of nitrogens with zero attached hydrogens (tertiary/aromatic N) is 2. The maximum Gasteiger partial charge on any atom is 0.222 e. The molecule has 0 spiro atoms. The summed E-state index contributed by atoms with van der Waals surface area (Å²) in [5, 5.41) is 0. The van der Waals surface area contributed by atoms with E-state index in [2.05, 4.69) is 70.3 Å². The number of rotatable bonds is 6. The van der Waals surface area contributed by atoms with E-state index in [9.17, 15) is 9.59 Å². The van der Waals surface area contributed by atoms with Crippen molar-refractivity contribution >= 4 is 23.6 Å². The predicted molar refractivity (Wildman–Crippen MR) is 200 cm³/mol. The van der Waals surface area contributed by atoms with E-state index in [-0.39, 0.29) is 21.7 Å². The van der Waals surface area contributed by atoms with Crippen LogP contribution in [0.1, 0.15) is 131 Å². The van der Waals surface area contributed by atoms with Gasteiger partial charge in [0.1, 0.15) is 0 Å². The van der Waals surface area contributed by atoms with Crippen LogP contribution in [-0.2, 0) is 14.3 Å². The maximum absolute atomic E-state index is 14.2. The van der Waals surface area contributed by atoms with Gasteiger partial charge in [-0.2, -0.15) is 11.8 Å². The molecule has 0 N–H and O–H groups in total. The number of likely N-dealkylation sites (tertiary alicyclic amines) is 2. The fourth-order valence-corrected chi connectivity index (χ4v) is 18.2. The van der Waals surface area contributed by atoms with E-state index >= 15 is 0 Å². The van der Waals surface area contributed by atoms with Crippen LogP contribution in [0, 0.1) is 74.4 Å². The summed E-state index contributed by atoms with van der Waals surface area (Å²) in [6.45, 7) is 13.8. The second kappa shape index (κ2) is 12.1. The van der Waals surface area contributed by atoms with Gasteiger partial charge in [-0.1, -0.05) is 34.6 Å².